The lowest BCUT2D eigenvalue weighted by Crippen LogP contribution is -2.44. The first-order valence-corrected chi connectivity index (χ1v) is 8.14. The van der Waals surface area contributed by atoms with E-state index in [1.54, 1.807) is 20.0 Å². The van der Waals surface area contributed by atoms with E-state index in [4.69, 9.17) is 4.42 Å². The van der Waals surface area contributed by atoms with Crippen molar-refractivity contribution in [3.05, 3.63) is 35.3 Å². The van der Waals surface area contributed by atoms with Gasteiger partial charge in [-0.25, -0.2) is 0 Å². The summed E-state index contributed by atoms with van der Waals surface area (Å²) < 4.78 is 7.65. The molecule has 2 aromatic rings. The number of hydrogen-bond donors (Lipinski definition) is 3. The van der Waals surface area contributed by atoms with E-state index in [0.29, 0.717) is 18.3 Å². The van der Waals surface area contributed by atoms with E-state index in [2.05, 4.69) is 30.4 Å². The molecule has 8 nitrogen and oxygen atoms in total. The SMILES string of the molecule is CN=C(NCc1nnc2n1CCC2)NCC(C)(O)c1ccc(C)o1. The van der Waals surface area contributed by atoms with Crippen LogP contribution >= 0.6 is 0 Å². The second-order valence-corrected chi connectivity index (χ2v) is 6.25. The molecule has 8 heteroatoms. The minimum atomic E-state index is -1.12. The number of nitrogens with one attached hydrogen (secondary N) is 2. The Labute approximate surface area is 141 Å². The van der Waals surface area contributed by atoms with Crippen LogP contribution < -0.4 is 10.6 Å². The Balaban J connectivity index is 1.55. The molecule has 130 valence electrons. The average Bonchev–Trinajstić information content (AvgIpc) is 3.25. The minimum Gasteiger partial charge on any atom is -0.463 e. The van der Waals surface area contributed by atoms with Crippen LogP contribution in [0.2, 0.25) is 0 Å². The molecule has 3 heterocycles. The molecular formula is C16H24N6O2. The number of fused-ring (bicyclic) bond motifs is 1. The maximum absolute atomic E-state index is 10.6. The van der Waals surface area contributed by atoms with Crippen LogP contribution in [0.5, 0.6) is 0 Å². The van der Waals surface area contributed by atoms with E-state index >= 15 is 0 Å². The molecule has 1 aliphatic rings. The second kappa shape index (κ2) is 6.64. The second-order valence-electron chi connectivity index (χ2n) is 6.25. The predicted octanol–water partition coefficient (Wildman–Crippen LogP) is 0.698. The van der Waals surface area contributed by atoms with Gasteiger partial charge in [0.1, 0.15) is 22.9 Å². The van der Waals surface area contributed by atoms with Gasteiger partial charge in [-0.05, 0) is 32.4 Å². The first-order valence-electron chi connectivity index (χ1n) is 8.14. The molecule has 2 aromatic heterocycles. The van der Waals surface area contributed by atoms with Crippen LogP contribution in [0, 0.1) is 6.92 Å². The molecule has 0 amide bonds. The van der Waals surface area contributed by atoms with Crippen molar-refractivity contribution in [1.82, 2.24) is 25.4 Å². The van der Waals surface area contributed by atoms with Gasteiger partial charge in [-0.1, -0.05) is 0 Å². The van der Waals surface area contributed by atoms with Crippen LogP contribution in [0.1, 0.15) is 36.5 Å². The van der Waals surface area contributed by atoms with Crippen LogP contribution in [-0.4, -0.2) is 39.4 Å². The van der Waals surface area contributed by atoms with Gasteiger partial charge in [0, 0.05) is 20.0 Å². The summed E-state index contributed by atoms with van der Waals surface area (Å²) in [6, 6.07) is 3.62. The van der Waals surface area contributed by atoms with Gasteiger partial charge in [0.15, 0.2) is 11.8 Å². The Morgan fingerprint density at radius 1 is 1.42 bits per heavy atom. The molecule has 0 saturated heterocycles. The first-order chi connectivity index (χ1) is 11.5. The Kier molecular flexibility index (Phi) is 4.57. The fourth-order valence-electron chi connectivity index (χ4n) is 2.79. The molecule has 0 saturated carbocycles. The summed E-state index contributed by atoms with van der Waals surface area (Å²) >= 11 is 0. The number of aromatic nitrogens is 3. The summed E-state index contributed by atoms with van der Waals surface area (Å²) in [7, 11) is 1.69. The monoisotopic (exact) mass is 332 g/mol. The molecule has 0 bridgehead atoms. The molecular weight excluding hydrogens is 308 g/mol. The van der Waals surface area contributed by atoms with Gasteiger partial charge >= 0.3 is 0 Å². The zero-order valence-corrected chi connectivity index (χ0v) is 14.3. The lowest BCUT2D eigenvalue weighted by atomic mass is 10.0. The van der Waals surface area contributed by atoms with Crippen molar-refractivity contribution < 1.29 is 9.52 Å². The van der Waals surface area contributed by atoms with E-state index in [1.165, 1.54) is 0 Å². The van der Waals surface area contributed by atoms with Gasteiger partial charge in [-0.2, -0.15) is 0 Å². The molecule has 0 spiro atoms. The maximum atomic E-state index is 10.6. The average molecular weight is 332 g/mol. The number of aliphatic hydroxyl groups is 1. The lowest BCUT2D eigenvalue weighted by molar-refractivity contribution is 0.0378. The fraction of sp³-hybridized carbons (Fsp3) is 0.562. The number of guanidine groups is 1. The van der Waals surface area contributed by atoms with Crippen LogP contribution in [-0.2, 0) is 25.1 Å². The molecule has 24 heavy (non-hydrogen) atoms. The molecule has 1 aliphatic heterocycles. The molecule has 0 radical (unpaired) electrons. The zero-order chi connectivity index (χ0) is 17.2. The normalized spacial score (nSPS) is 16.8. The summed E-state index contributed by atoms with van der Waals surface area (Å²) in [6.45, 7) is 5.34. The number of aryl methyl sites for hydroxylation is 2. The van der Waals surface area contributed by atoms with Crippen molar-refractivity contribution in [3.63, 3.8) is 0 Å². The molecule has 0 aliphatic carbocycles. The van der Waals surface area contributed by atoms with Gasteiger partial charge in [0.05, 0.1) is 13.1 Å². The Hall–Kier alpha value is -2.35. The van der Waals surface area contributed by atoms with E-state index in [-0.39, 0.29) is 6.54 Å². The summed E-state index contributed by atoms with van der Waals surface area (Å²) in [4.78, 5) is 4.18. The van der Waals surface area contributed by atoms with E-state index < -0.39 is 5.60 Å². The van der Waals surface area contributed by atoms with Crippen molar-refractivity contribution in [3.8, 4) is 0 Å². The smallest absolute Gasteiger partial charge is 0.191 e. The predicted molar refractivity (Wildman–Crippen MR) is 89.6 cm³/mol. The summed E-state index contributed by atoms with van der Waals surface area (Å²) in [5.74, 6) is 3.84. The summed E-state index contributed by atoms with van der Waals surface area (Å²) in [6.07, 6.45) is 2.11. The largest absolute Gasteiger partial charge is 0.463 e. The van der Waals surface area contributed by atoms with Crippen LogP contribution in [0.25, 0.3) is 0 Å². The highest BCUT2D eigenvalue weighted by Gasteiger charge is 2.27. The molecule has 3 N–H and O–H groups in total. The van der Waals surface area contributed by atoms with E-state index in [1.807, 2.05) is 13.0 Å². The van der Waals surface area contributed by atoms with E-state index in [9.17, 15) is 5.11 Å². The van der Waals surface area contributed by atoms with Crippen LogP contribution in [0.15, 0.2) is 21.5 Å². The van der Waals surface area contributed by atoms with Crippen molar-refractivity contribution in [2.24, 2.45) is 4.99 Å². The van der Waals surface area contributed by atoms with Crippen LogP contribution in [0.4, 0.5) is 0 Å². The van der Waals surface area contributed by atoms with Gasteiger partial charge in [0.2, 0.25) is 0 Å². The highest BCUT2D eigenvalue weighted by atomic mass is 16.4. The fourth-order valence-corrected chi connectivity index (χ4v) is 2.79. The van der Waals surface area contributed by atoms with E-state index in [0.717, 1.165) is 36.8 Å². The number of nitrogens with zero attached hydrogens (tertiary/aromatic N) is 4. The highest BCUT2D eigenvalue weighted by molar-refractivity contribution is 5.79. The first kappa shape index (κ1) is 16.5. The highest BCUT2D eigenvalue weighted by Crippen LogP contribution is 2.21. The summed E-state index contributed by atoms with van der Waals surface area (Å²) in [5.41, 5.74) is -1.12. The molecule has 0 aromatic carbocycles. The number of furan rings is 1. The van der Waals surface area contributed by atoms with Crippen LogP contribution in [0.3, 0.4) is 0 Å². The van der Waals surface area contributed by atoms with Crippen molar-refractivity contribution in [2.75, 3.05) is 13.6 Å². The molecule has 0 fully saturated rings. The quantitative estimate of drug-likeness (QED) is 0.550. The Bertz CT molecular complexity index is 731. The van der Waals surface area contributed by atoms with Gasteiger partial charge in [-0.15, -0.1) is 10.2 Å². The molecule has 1 atom stereocenters. The zero-order valence-electron chi connectivity index (χ0n) is 14.3. The van der Waals surface area contributed by atoms with Gasteiger partial charge in [-0.3, -0.25) is 4.99 Å². The minimum absolute atomic E-state index is 0.275. The number of rotatable bonds is 5. The standard InChI is InChI=1S/C16H24N6O2/c1-11-6-7-12(24-11)16(2,23)10-19-15(17-3)18-9-14-21-20-13-5-4-8-22(13)14/h6-7,23H,4-5,8-10H2,1-3H3,(H2,17,18,19). The molecule has 3 rings (SSSR count). The van der Waals surface area contributed by atoms with Crippen molar-refractivity contribution >= 4 is 5.96 Å². The number of hydrogen-bond acceptors (Lipinski definition) is 5. The maximum Gasteiger partial charge on any atom is 0.191 e. The molecule has 1 unspecified atom stereocenters. The lowest BCUT2D eigenvalue weighted by Gasteiger charge is -2.22. The summed E-state index contributed by atoms with van der Waals surface area (Å²) in [5, 5.41) is 25.3. The van der Waals surface area contributed by atoms with Crippen molar-refractivity contribution in [1.29, 1.82) is 0 Å². The third-order valence-electron chi connectivity index (χ3n) is 4.19. The van der Waals surface area contributed by atoms with Gasteiger partial charge in [0.25, 0.3) is 0 Å². The van der Waals surface area contributed by atoms with Gasteiger partial charge < -0.3 is 24.7 Å². The Morgan fingerprint density at radius 3 is 2.96 bits per heavy atom. The third kappa shape index (κ3) is 3.43. The Morgan fingerprint density at radius 2 is 2.25 bits per heavy atom. The third-order valence-corrected chi connectivity index (χ3v) is 4.19. The topological polar surface area (TPSA) is 100 Å². The number of aliphatic imine (C=N–C) groups is 1. The van der Waals surface area contributed by atoms with Crippen molar-refractivity contribution in [2.45, 2.75) is 45.4 Å².